The average Bonchev–Trinajstić information content (AvgIpc) is 3.37. The van der Waals surface area contributed by atoms with Gasteiger partial charge in [-0.3, -0.25) is 5.10 Å². The second-order valence-corrected chi connectivity index (χ2v) is 7.42. The second kappa shape index (κ2) is 9.75. The Kier molecular flexibility index (Phi) is 6.42. The lowest BCUT2D eigenvalue weighted by molar-refractivity contribution is -0.131. The number of carboxylic acids is 1. The first kappa shape index (κ1) is 21.1. The van der Waals surface area contributed by atoms with E-state index in [1.165, 1.54) is 11.1 Å². The third-order valence-electron chi connectivity index (χ3n) is 5.36. The number of allylic oxidation sites excluding steroid dienone is 1. The van der Waals surface area contributed by atoms with E-state index in [1.807, 2.05) is 24.3 Å². The Labute approximate surface area is 187 Å². The first-order valence-electron chi connectivity index (χ1n) is 10.6. The molecular formula is C28H24N2O2. The molecule has 1 heterocycles. The van der Waals surface area contributed by atoms with Crippen molar-refractivity contribution in [2.45, 2.75) is 13.3 Å². The Hall–Kier alpha value is -4.18. The molecule has 0 fully saturated rings. The molecule has 1 aromatic heterocycles. The third kappa shape index (κ3) is 4.76. The van der Waals surface area contributed by atoms with Crippen LogP contribution in [0.4, 0.5) is 0 Å². The smallest absolute Gasteiger partial charge is 0.328 e. The zero-order chi connectivity index (χ0) is 22.3. The maximum absolute atomic E-state index is 10.8. The maximum Gasteiger partial charge on any atom is 0.328 e. The number of aromatic nitrogens is 2. The van der Waals surface area contributed by atoms with Crippen LogP contribution in [0, 0.1) is 0 Å². The summed E-state index contributed by atoms with van der Waals surface area (Å²) in [7, 11) is 0. The summed E-state index contributed by atoms with van der Waals surface area (Å²) in [5.74, 6) is -0.956. The van der Waals surface area contributed by atoms with Gasteiger partial charge in [-0.1, -0.05) is 79.7 Å². The molecule has 4 heteroatoms. The van der Waals surface area contributed by atoms with E-state index >= 15 is 0 Å². The highest BCUT2D eigenvalue weighted by Crippen LogP contribution is 2.35. The van der Waals surface area contributed by atoms with Gasteiger partial charge in [0.1, 0.15) is 0 Å². The molecule has 0 unspecified atom stereocenters. The number of aliphatic carboxylic acids is 1. The van der Waals surface area contributed by atoms with Crippen LogP contribution >= 0.6 is 0 Å². The summed E-state index contributed by atoms with van der Waals surface area (Å²) in [6.45, 7) is 2.17. The van der Waals surface area contributed by atoms with Crippen LogP contribution in [-0.4, -0.2) is 21.3 Å². The highest BCUT2D eigenvalue weighted by Gasteiger charge is 2.14. The van der Waals surface area contributed by atoms with E-state index in [2.05, 4.69) is 77.8 Å². The van der Waals surface area contributed by atoms with E-state index in [-0.39, 0.29) is 0 Å². The van der Waals surface area contributed by atoms with E-state index in [0.29, 0.717) is 0 Å². The topological polar surface area (TPSA) is 66.0 Å². The fourth-order valence-electron chi connectivity index (χ4n) is 3.87. The fraction of sp³-hybridized carbons (Fsp3) is 0.0714. The van der Waals surface area contributed by atoms with E-state index < -0.39 is 5.97 Å². The largest absolute Gasteiger partial charge is 0.478 e. The van der Waals surface area contributed by atoms with Crippen LogP contribution in [0.25, 0.3) is 28.5 Å². The highest BCUT2D eigenvalue weighted by molar-refractivity contribution is 5.99. The van der Waals surface area contributed by atoms with Gasteiger partial charge >= 0.3 is 5.97 Å². The van der Waals surface area contributed by atoms with Gasteiger partial charge < -0.3 is 5.11 Å². The molecule has 0 bridgehead atoms. The lowest BCUT2D eigenvalue weighted by Gasteiger charge is -2.17. The first-order valence-corrected chi connectivity index (χ1v) is 10.6. The standard InChI is InChI=1S/C28H24N2O2/c1-2-25(21-7-4-3-5-8-21)28(22-14-11-20(12-15-22)13-16-27(31)32)24-10-6-9-23(19-24)26-17-18-29-30-26/h3-19H,2H2,1H3,(H,29,30)(H,31,32)/b16-13+,28-25+. The monoisotopic (exact) mass is 420 g/mol. The van der Waals surface area contributed by atoms with E-state index in [9.17, 15) is 4.79 Å². The van der Waals surface area contributed by atoms with Crippen molar-refractivity contribution in [2.24, 2.45) is 0 Å². The van der Waals surface area contributed by atoms with Crippen molar-refractivity contribution < 1.29 is 9.90 Å². The van der Waals surface area contributed by atoms with Crippen molar-refractivity contribution in [1.82, 2.24) is 10.2 Å². The summed E-state index contributed by atoms with van der Waals surface area (Å²) < 4.78 is 0. The summed E-state index contributed by atoms with van der Waals surface area (Å²) in [5, 5.41) is 16.0. The number of aromatic amines is 1. The molecule has 0 radical (unpaired) electrons. The van der Waals surface area contributed by atoms with Crippen molar-refractivity contribution in [2.75, 3.05) is 0 Å². The number of benzene rings is 3. The van der Waals surface area contributed by atoms with Gasteiger partial charge in [0.05, 0.1) is 5.69 Å². The first-order chi connectivity index (χ1) is 15.7. The number of H-pyrrole nitrogens is 1. The number of nitrogens with zero attached hydrogens (tertiary/aromatic N) is 1. The molecule has 4 aromatic rings. The van der Waals surface area contributed by atoms with Crippen molar-refractivity contribution in [1.29, 1.82) is 0 Å². The molecule has 0 amide bonds. The van der Waals surface area contributed by atoms with Gasteiger partial charge in [-0.05, 0) is 58.0 Å². The lowest BCUT2D eigenvalue weighted by atomic mass is 9.87. The number of hydrogen-bond donors (Lipinski definition) is 2. The van der Waals surface area contributed by atoms with Crippen LogP contribution in [0.3, 0.4) is 0 Å². The molecule has 0 atom stereocenters. The molecule has 32 heavy (non-hydrogen) atoms. The van der Waals surface area contributed by atoms with Crippen LogP contribution in [0.5, 0.6) is 0 Å². The van der Waals surface area contributed by atoms with Crippen molar-refractivity contribution in [3.8, 4) is 11.3 Å². The Balaban J connectivity index is 1.88. The summed E-state index contributed by atoms with van der Waals surface area (Å²) in [5.41, 5.74) is 8.69. The normalized spacial score (nSPS) is 12.0. The minimum Gasteiger partial charge on any atom is -0.478 e. The van der Waals surface area contributed by atoms with Gasteiger partial charge in [0.2, 0.25) is 0 Å². The van der Waals surface area contributed by atoms with Gasteiger partial charge in [-0.25, -0.2) is 4.79 Å². The van der Waals surface area contributed by atoms with E-state index in [0.717, 1.165) is 46.0 Å². The Morgan fingerprint density at radius 3 is 2.31 bits per heavy atom. The molecule has 0 aliphatic carbocycles. The predicted octanol–water partition coefficient (Wildman–Crippen LogP) is 6.54. The van der Waals surface area contributed by atoms with Crippen LogP contribution in [0.2, 0.25) is 0 Å². The summed E-state index contributed by atoms with van der Waals surface area (Å²) in [6.07, 6.45) is 5.38. The average molecular weight is 421 g/mol. The van der Waals surface area contributed by atoms with Crippen molar-refractivity contribution in [3.05, 3.63) is 119 Å². The molecule has 0 aliphatic rings. The molecule has 4 nitrogen and oxygen atoms in total. The molecule has 0 spiro atoms. The van der Waals surface area contributed by atoms with Crippen LogP contribution in [0.1, 0.15) is 35.6 Å². The fourth-order valence-corrected chi connectivity index (χ4v) is 3.87. The SMILES string of the molecule is CC/C(=C(/c1ccc(/C=C/C(=O)O)cc1)c1cccc(-c2ccn[nH]2)c1)c1ccccc1. The number of rotatable bonds is 7. The van der Waals surface area contributed by atoms with Crippen LogP contribution in [-0.2, 0) is 4.79 Å². The van der Waals surface area contributed by atoms with Gasteiger partial charge in [0.25, 0.3) is 0 Å². The molecule has 4 rings (SSSR count). The third-order valence-corrected chi connectivity index (χ3v) is 5.36. The molecule has 158 valence electrons. The minimum absolute atomic E-state index is 0.847. The van der Waals surface area contributed by atoms with Gasteiger partial charge in [0, 0.05) is 17.8 Å². The number of hydrogen-bond acceptors (Lipinski definition) is 2. The summed E-state index contributed by atoms with van der Waals surface area (Å²) in [4.78, 5) is 10.8. The summed E-state index contributed by atoms with van der Waals surface area (Å²) >= 11 is 0. The molecule has 0 saturated carbocycles. The second-order valence-electron chi connectivity index (χ2n) is 7.42. The van der Waals surface area contributed by atoms with Gasteiger partial charge in [0.15, 0.2) is 0 Å². The van der Waals surface area contributed by atoms with Gasteiger partial charge in [-0.15, -0.1) is 0 Å². The number of carbonyl (C=O) groups is 1. The Bertz CT molecular complexity index is 1250. The number of nitrogens with one attached hydrogen (secondary N) is 1. The van der Waals surface area contributed by atoms with Crippen molar-refractivity contribution >= 4 is 23.2 Å². The molecule has 2 N–H and O–H groups in total. The van der Waals surface area contributed by atoms with E-state index in [1.54, 1.807) is 12.3 Å². The summed E-state index contributed by atoms with van der Waals surface area (Å²) in [6, 6.07) is 28.8. The maximum atomic E-state index is 10.8. The van der Waals surface area contributed by atoms with Crippen LogP contribution < -0.4 is 0 Å². The van der Waals surface area contributed by atoms with Crippen molar-refractivity contribution in [3.63, 3.8) is 0 Å². The number of carboxylic acid groups (broad SMARTS) is 1. The lowest BCUT2D eigenvalue weighted by Crippen LogP contribution is -1.96. The highest BCUT2D eigenvalue weighted by atomic mass is 16.4. The Morgan fingerprint density at radius 2 is 1.66 bits per heavy atom. The molecular weight excluding hydrogens is 396 g/mol. The zero-order valence-corrected chi connectivity index (χ0v) is 17.8. The van der Waals surface area contributed by atoms with E-state index in [4.69, 9.17) is 5.11 Å². The quantitative estimate of drug-likeness (QED) is 0.263. The predicted molar refractivity (Wildman–Crippen MR) is 130 cm³/mol. The molecule has 0 aliphatic heterocycles. The van der Waals surface area contributed by atoms with Crippen LogP contribution in [0.15, 0.2) is 97.2 Å². The molecule has 0 saturated heterocycles. The molecule has 3 aromatic carbocycles. The zero-order valence-electron chi connectivity index (χ0n) is 17.8. The Morgan fingerprint density at radius 1 is 0.906 bits per heavy atom. The van der Waals surface area contributed by atoms with Gasteiger partial charge in [-0.2, -0.15) is 5.10 Å². The minimum atomic E-state index is -0.956.